The van der Waals surface area contributed by atoms with Crippen LogP contribution in [0.25, 0.3) is 0 Å². The van der Waals surface area contributed by atoms with Gasteiger partial charge in [0.15, 0.2) is 5.96 Å². The highest BCUT2D eigenvalue weighted by Crippen LogP contribution is 2.31. The van der Waals surface area contributed by atoms with E-state index in [1.165, 1.54) is 32.1 Å². The van der Waals surface area contributed by atoms with E-state index in [9.17, 15) is 0 Å². The summed E-state index contributed by atoms with van der Waals surface area (Å²) in [6.45, 7) is 7.26. The van der Waals surface area contributed by atoms with Gasteiger partial charge in [-0.1, -0.05) is 26.2 Å². The first-order valence-corrected chi connectivity index (χ1v) is 6.39. The molecule has 0 aliphatic heterocycles. The van der Waals surface area contributed by atoms with Gasteiger partial charge in [-0.15, -0.1) is 24.0 Å². The van der Waals surface area contributed by atoms with Crippen molar-refractivity contribution in [3.63, 3.8) is 0 Å². The third kappa shape index (κ3) is 8.19. The standard InChI is InChI=1S/C12H25N3.HI/c1-3-5-9-14-12(13-4-2)15-10-8-11-6-7-11;/h11H,3-10H2,1-2H3,(H2,13,14,15);1H. The zero-order chi connectivity index (χ0) is 10.9. The summed E-state index contributed by atoms with van der Waals surface area (Å²) in [6, 6.07) is 0. The number of hydrogen-bond acceptors (Lipinski definition) is 1. The Bertz CT molecular complexity index is 191. The molecule has 1 aliphatic carbocycles. The van der Waals surface area contributed by atoms with Crippen LogP contribution in [-0.2, 0) is 0 Å². The second-order valence-electron chi connectivity index (χ2n) is 4.27. The Morgan fingerprint density at radius 1 is 1.25 bits per heavy atom. The van der Waals surface area contributed by atoms with Crippen molar-refractivity contribution in [1.82, 2.24) is 10.6 Å². The first-order valence-electron chi connectivity index (χ1n) is 6.39. The van der Waals surface area contributed by atoms with Crippen LogP contribution in [0.4, 0.5) is 0 Å². The highest BCUT2D eigenvalue weighted by molar-refractivity contribution is 14.0. The van der Waals surface area contributed by atoms with Crippen LogP contribution in [0, 0.1) is 5.92 Å². The Morgan fingerprint density at radius 3 is 2.56 bits per heavy atom. The SMILES string of the molecule is CCCCN=C(NCC)NCCC1CC1.I. The van der Waals surface area contributed by atoms with Gasteiger partial charge in [0.05, 0.1) is 0 Å². The van der Waals surface area contributed by atoms with Crippen LogP contribution >= 0.6 is 24.0 Å². The summed E-state index contributed by atoms with van der Waals surface area (Å²) in [5, 5.41) is 6.66. The molecule has 4 heteroatoms. The molecule has 3 nitrogen and oxygen atoms in total. The normalized spacial score (nSPS) is 15.5. The maximum Gasteiger partial charge on any atom is 0.191 e. The van der Waals surface area contributed by atoms with Crippen LogP contribution in [-0.4, -0.2) is 25.6 Å². The zero-order valence-electron chi connectivity index (χ0n) is 10.6. The van der Waals surface area contributed by atoms with Gasteiger partial charge in [-0.2, -0.15) is 0 Å². The van der Waals surface area contributed by atoms with Gasteiger partial charge < -0.3 is 10.6 Å². The fraction of sp³-hybridized carbons (Fsp3) is 0.917. The fourth-order valence-corrected chi connectivity index (χ4v) is 1.49. The van der Waals surface area contributed by atoms with Crippen LogP contribution in [0.15, 0.2) is 4.99 Å². The van der Waals surface area contributed by atoms with E-state index in [2.05, 4.69) is 29.5 Å². The molecule has 0 heterocycles. The number of nitrogens with zero attached hydrogens (tertiary/aromatic N) is 1. The second-order valence-corrected chi connectivity index (χ2v) is 4.27. The first kappa shape index (κ1) is 16.0. The lowest BCUT2D eigenvalue weighted by Crippen LogP contribution is -2.38. The van der Waals surface area contributed by atoms with Crippen LogP contribution < -0.4 is 10.6 Å². The van der Waals surface area contributed by atoms with E-state index >= 15 is 0 Å². The van der Waals surface area contributed by atoms with Crippen LogP contribution in [0.1, 0.15) is 46.0 Å². The fourth-order valence-electron chi connectivity index (χ4n) is 1.49. The highest BCUT2D eigenvalue weighted by atomic mass is 127. The number of guanidine groups is 1. The average Bonchev–Trinajstić information content (AvgIpc) is 3.02. The Morgan fingerprint density at radius 2 is 2.00 bits per heavy atom. The molecule has 0 amide bonds. The van der Waals surface area contributed by atoms with E-state index in [4.69, 9.17) is 0 Å². The molecule has 0 aromatic carbocycles. The largest absolute Gasteiger partial charge is 0.357 e. The Balaban J connectivity index is 0.00000225. The predicted octanol–water partition coefficient (Wildman–Crippen LogP) is 2.76. The van der Waals surface area contributed by atoms with Crippen molar-refractivity contribution in [2.24, 2.45) is 10.9 Å². The Kier molecular flexibility index (Phi) is 10.2. The van der Waals surface area contributed by atoms with Gasteiger partial charge in [-0.3, -0.25) is 4.99 Å². The van der Waals surface area contributed by atoms with Gasteiger partial charge in [0.25, 0.3) is 0 Å². The van der Waals surface area contributed by atoms with Gasteiger partial charge in [0.2, 0.25) is 0 Å². The van der Waals surface area contributed by atoms with Crippen molar-refractivity contribution in [1.29, 1.82) is 0 Å². The molecule has 2 N–H and O–H groups in total. The molecule has 0 radical (unpaired) electrons. The van der Waals surface area contributed by atoms with E-state index in [1.54, 1.807) is 0 Å². The molecule has 16 heavy (non-hydrogen) atoms. The van der Waals surface area contributed by atoms with E-state index in [-0.39, 0.29) is 24.0 Å². The summed E-state index contributed by atoms with van der Waals surface area (Å²) in [4.78, 5) is 4.51. The Hall–Kier alpha value is 0. The van der Waals surface area contributed by atoms with Gasteiger partial charge in [-0.05, 0) is 25.7 Å². The summed E-state index contributed by atoms with van der Waals surface area (Å²) < 4.78 is 0. The van der Waals surface area contributed by atoms with Crippen LogP contribution in [0.3, 0.4) is 0 Å². The van der Waals surface area contributed by atoms with Crippen LogP contribution in [0.5, 0.6) is 0 Å². The minimum atomic E-state index is 0. The van der Waals surface area contributed by atoms with Crippen molar-refractivity contribution >= 4 is 29.9 Å². The molecule has 0 saturated heterocycles. The molecule has 0 unspecified atom stereocenters. The summed E-state index contributed by atoms with van der Waals surface area (Å²) in [5.41, 5.74) is 0. The molecule has 0 spiro atoms. The third-order valence-corrected chi connectivity index (χ3v) is 2.67. The maximum atomic E-state index is 4.51. The molecular formula is C12H26IN3. The quantitative estimate of drug-likeness (QED) is 0.324. The minimum Gasteiger partial charge on any atom is -0.357 e. The maximum absolute atomic E-state index is 4.51. The van der Waals surface area contributed by atoms with E-state index in [1.807, 2.05) is 0 Å². The van der Waals surface area contributed by atoms with Gasteiger partial charge >= 0.3 is 0 Å². The number of halogens is 1. The molecule has 0 aromatic heterocycles. The van der Waals surface area contributed by atoms with Gasteiger partial charge in [-0.25, -0.2) is 0 Å². The van der Waals surface area contributed by atoms with Crippen molar-refractivity contribution in [3.8, 4) is 0 Å². The lowest BCUT2D eigenvalue weighted by Gasteiger charge is -2.10. The monoisotopic (exact) mass is 339 g/mol. The number of hydrogen-bond donors (Lipinski definition) is 2. The topological polar surface area (TPSA) is 36.4 Å². The van der Waals surface area contributed by atoms with E-state index in [0.717, 1.165) is 31.5 Å². The van der Waals surface area contributed by atoms with Crippen molar-refractivity contribution in [2.75, 3.05) is 19.6 Å². The van der Waals surface area contributed by atoms with Crippen molar-refractivity contribution in [2.45, 2.75) is 46.0 Å². The molecule has 1 fully saturated rings. The summed E-state index contributed by atoms with van der Waals surface area (Å²) in [5.74, 6) is 1.99. The zero-order valence-corrected chi connectivity index (χ0v) is 12.9. The van der Waals surface area contributed by atoms with Gasteiger partial charge in [0.1, 0.15) is 0 Å². The molecule has 96 valence electrons. The molecule has 1 aliphatic rings. The molecule has 0 bridgehead atoms. The second kappa shape index (κ2) is 10.2. The molecule has 0 aromatic rings. The summed E-state index contributed by atoms with van der Waals surface area (Å²) in [7, 11) is 0. The smallest absolute Gasteiger partial charge is 0.191 e. The van der Waals surface area contributed by atoms with Gasteiger partial charge in [0, 0.05) is 19.6 Å². The predicted molar refractivity (Wildman–Crippen MR) is 81.6 cm³/mol. The highest BCUT2D eigenvalue weighted by Gasteiger charge is 2.20. The van der Waals surface area contributed by atoms with E-state index < -0.39 is 0 Å². The summed E-state index contributed by atoms with van der Waals surface area (Å²) >= 11 is 0. The molecule has 0 atom stereocenters. The molecule has 1 saturated carbocycles. The van der Waals surface area contributed by atoms with Crippen molar-refractivity contribution < 1.29 is 0 Å². The van der Waals surface area contributed by atoms with E-state index in [0.29, 0.717) is 0 Å². The molecule has 1 rings (SSSR count). The van der Waals surface area contributed by atoms with Crippen LogP contribution in [0.2, 0.25) is 0 Å². The van der Waals surface area contributed by atoms with Crippen molar-refractivity contribution in [3.05, 3.63) is 0 Å². The number of nitrogens with one attached hydrogen (secondary N) is 2. The third-order valence-electron chi connectivity index (χ3n) is 2.67. The number of rotatable bonds is 7. The minimum absolute atomic E-state index is 0. The Labute approximate surface area is 117 Å². The molecular weight excluding hydrogens is 313 g/mol. The average molecular weight is 339 g/mol. The number of aliphatic imine (C=N–C) groups is 1. The number of unbranched alkanes of at least 4 members (excludes halogenated alkanes) is 1. The lowest BCUT2D eigenvalue weighted by atomic mass is 10.3. The lowest BCUT2D eigenvalue weighted by molar-refractivity contribution is 0.683. The first-order chi connectivity index (χ1) is 7.36. The summed E-state index contributed by atoms with van der Waals surface area (Å²) in [6.07, 6.45) is 6.57.